The van der Waals surface area contributed by atoms with Crippen LogP contribution in [0.25, 0.3) is 0 Å². The first kappa shape index (κ1) is 23.4. The van der Waals surface area contributed by atoms with Gasteiger partial charge in [-0.05, 0) is 51.6 Å². The Balaban J connectivity index is 4.18. The summed E-state index contributed by atoms with van der Waals surface area (Å²) < 4.78 is 5.96. The van der Waals surface area contributed by atoms with E-state index in [2.05, 4.69) is 63.6 Å². The summed E-state index contributed by atoms with van der Waals surface area (Å²) in [6, 6.07) is 1.03. The normalized spacial score (nSPS) is 15.8. The molecule has 142 valence electrons. The van der Waals surface area contributed by atoms with E-state index in [4.69, 9.17) is 4.74 Å². The van der Waals surface area contributed by atoms with Gasteiger partial charge < -0.3 is 4.74 Å². The quantitative estimate of drug-likeness (QED) is 0.258. The molecule has 2 unspecified atom stereocenters. The fraction of sp³-hybridized carbons (Fsp3) is 0.810. The van der Waals surface area contributed by atoms with Crippen LogP contribution in [0, 0.1) is 5.92 Å². The molecule has 3 atom stereocenters. The van der Waals surface area contributed by atoms with Crippen LogP contribution in [0.15, 0.2) is 24.3 Å². The van der Waals surface area contributed by atoms with Crippen LogP contribution in [-0.2, 0) is 4.74 Å². The highest BCUT2D eigenvalue weighted by Crippen LogP contribution is 2.13. The first-order valence-corrected chi connectivity index (χ1v) is 9.87. The van der Waals surface area contributed by atoms with Gasteiger partial charge in [0.25, 0.3) is 0 Å². The molecule has 0 saturated carbocycles. The van der Waals surface area contributed by atoms with Gasteiger partial charge in [0, 0.05) is 12.1 Å². The van der Waals surface area contributed by atoms with E-state index in [1.807, 2.05) is 6.92 Å². The van der Waals surface area contributed by atoms with Gasteiger partial charge in [-0.25, -0.2) is 0 Å². The summed E-state index contributed by atoms with van der Waals surface area (Å²) in [6.45, 7) is 21.0. The molecule has 3 heteroatoms. The minimum atomic E-state index is 0.498. The van der Waals surface area contributed by atoms with E-state index in [-0.39, 0.29) is 0 Å². The monoisotopic (exact) mass is 338 g/mol. The number of allylic oxidation sites excluding steroid dienone is 3. The first-order valence-electron chi connectivity index (χ1n) is 9.87. The van der Waals surface area contributed by atoms with E-state index in [0.717, 1.165) is 44.5 Å². The molecule has 0 aromatic carbocycles. The molecule has 0 aromatic rings. The second kappa shape index (κ2) is 14.7. The van der Waals surface area contributed by atoms with Crippen molar-refractivity contribution >= 4 is 0 Å². The minimum Gasteiger partial charge on any atom is -0.365 e. The summed E-state index contributed by atoms with van der Waals surface area (Å²) in [5.74, 6) is 0.600. The predicted molar refractivity (Wildman–Crippen MR) is 107 cm³/mol. The minimum absolute atomic E-state index is 0.498. The van der Waals surface area contributed by atoms with E-state index < -0.39 is 0 Å². The maximum absolute atomic E-state index is 5.96. The van der Waals surface area contributed by atoms with Crippen LogP contribution in [0.3, 0.4) is 0 Å². The molecule has 0 spiro atoms. The zero-order valence-electron chi connectivity index (χ0n) is 17.1. The molecule has 0 fully saturated rings. The topological polar surface area (TPSA) is 24.5 Å². The third kappa shape index (κ3) is 10.3. The van der Waals surface area contributed by atoms with Crippen LogP contribution in [-0.4, -0.2) is 43.4 Å². The third-order valence-corrected chi connectivity index (χ3v) is 4.70. The Morgan fingerprint density at radius 3 is 2.42 bits per heavy atom. The molecule has 0 saturated heterocycles. The number of nitrogens with zero attached hydrogens (tertiary/aromatic N) is 1. The maximum atomic E-state index is 5.96. The molecular weight excluding hydrogens is 296 g/mol. The standard InChI is InChI=1S/C21H42N2O/c1-8-15-23(11-4)20(9-2)16-24-17-22-21(10-3)19(7)14-12-13-18(5)6/h12-13,19-22H,5,8-11,14-17H2,1-4,6-7H3/b13-12-/t19?,20-,21?/m1/s1. The molecule has 0 aliphatic carbocycles. The molecule has 24 heavy (non-hydrogen) atoms. The van der Waals surface area contributed by atoms with Crippen molar-refractivity contribution in [2.45, 2.75) is 79.3 Å². The van der Waals surface area contributed by atoms with Gasteiger partial charge in [0.2, 0.25) is 0 Å². The van der Waals surface area contributed by atoms with Crippen molar-refractivity contribution in [1.29, 1.82) is 0 Å². The van der Waals surface area contributed by atoms with Crippen molar-refractivity contribution in [2.75, 3.05) is 26.4 Å². The molecule has 0 rings (SSSR count). The molecule has 0 aromatic heterocycles. The van der Waals surface area contributed by atoms with Crippen LogP contribution in [0.2, 0.25) is 0 Å². The highest BCUT2D eigenvalue weighted by atomic mass is 16.5. The zero-order chi connectivity index (χ0) is 18.4. The van der Waals surface area contributed by atoms with E-state index in [1.165, 1.54) is 6.42 Å². The third-order valence-electron chi connectivity index (χ3n) is 4.70. The molecule has 0 heterocycles. The lowest BCUT2D eigenvalue weighted by Crippen LogP contribution is -2.41. The highest BCUT2D eigenvalue weighted by molar-refractivity contribution is 5.10. The lowest BCUT2D eigenvalue weighted by atomic mass is 9.96. The van der Waals surface area contributed by atoms with E-state index >= 15 is 0 Å². The van der Waals surface area contributed by atoms with Crippen molar-refractivity contribution in [3.63, 3.8) is 0 Å². The summed E-state index contributed by atoms with van der Waals surface area (Å²) in [5.41, 5.74) is 1.12. The van der Waals surface area contributed by atoms with E-state index in [1.54, 1.807) is 0 Å². The predicted octanol–water partition coefficient (Wildman–Crippen LogP) is 5.00. The Morgan fingerprint density at radius 2 is 1.92 bits per heavy atom. The summed E-state index contributed by atoms with van der Waals surface area (Å²) in [5, 5.41) is 3.58. The Hall–Kier alpha value is -0.640. The van der Waals surface area contributed by atoms with Crippen LogP contribution < -0.4 is 5.32 Å². The smallest absolute Gasteiger partial charge is 0.0968 e. The van der Waals surface area contributed by atoms with E-state index in [9.17, 15) is 0 Å². The average molecular weight is 339 g/mol. The van der Waals surface area contributed by atoms with Gasteiger partial charge in [0.15, 0.2) is 0 Å². The number of hydrogen-bond donors (Lipinski definition) is 1. The van der Waals surface area contributed by atoms with Crippen molar-refractivity contribution in [2.24, 2.45) is 5.92 Å². The number of hydrogen-bond acceptors (Lipinski definition) is 3. The summed E-state index contributed by atoms with van der Waals surface area (Å²) in [4.78, 5) is 2.53. The molecule has 0 radical (unpaired) electrons. The summed E-state index contributed by atoms with van der Waals surface area (Å²) in [7, 11) is 0. The van der Waals surface area contributed by atoms with Crippen LogP contribution in [0.1, 0.15) is 67.2 Å². The highest BCUT2D eigenvalue weighted by Gasteiger charge is 2.16. The number of likely N-dealkylation sites (N-methyl/N-ethyl adjacent to an activating group) is 1. The number of rotatable bonds is 15. The van der Waals surface area contributed by atoms with Crippen molar-refractivity contribution < 1.29 is 4.74 Å². The first-order chi connectivity index (χ1) is 11.5. The fourth-order valence-electron chi connectivity index (χ4n) is 3.12. The van der Waals surface area contributed by atoms with Crippen LogP contribution in [0.4, 0.5) is 0 Å². The van der Waals surface area contributed by atoms with Gasteiger partial charge in [-0.15, -0.1) is 0 Å². The number of nitrogens with one attached hydrogen (secondary N) is 1. The largest absolute Gasteiger partial charge is 0.365 e. The molecule has 0 bridgehead atoms. The second-order valence-corrected chi connectivity index (χ2v) is 6.89. The molecule has 3 nitrogen and oxygen atoms in total. The Bertz CT molecular complexity index is 341. The summed E-state index contributed by atoms with van der Waals surface area (Å²) in [6.07, 6.45) is 8.90. The van der Waals surface area contributed by atoms with Crippen LogP contribution in [0.5, 0.6) is 0 Å². The average Bonchev–Trinajstić information content (AvgIpc) is 2.56. The van der Waals surface area contributed by atoms with E-state index in [0.29, 0.717) is 24.7 Å². The fourth-order valence-corrected chi connectivity index (χ4v) is 3.12. The molecule has 0 aliphatic rings. The van der Waals surface area contributed by atoms with Crippen LogP contribution >= 0.6 is 0 Å². The van der Waals surface area contributed by atoms with Gasteiger partial charge in [-0.1, -0.05) is 58.9 Å². The van der Waals surface area contributed by atoms with Crippen molar-refractivity contribution in [3.8, 4) is 0 Å². The molecule has 0 amide bonds. The Morgan fingerprint density at radius 1 is 1.21 bits per heavy atom. The zero-order valence-corrected chi connectivity index (χ0v) is 17.1. The lowest BCUT2D eigenvalue weighted by molar-refractivity contribution is 0.0425. The van der Waals surface area contributed by atoms with Gasteiger partial charge in [-0.2, -0.15) is 0 Å². The van der Waals surface area contributed by atoms with Gasteiger partial charge in [0.05, 0.1) is 13.3 Å². The Labute approximate surface area is 151 Å². The van der Waals surface area contributed by atoms with Gasteiger partial charge in [-0.3, -0.25) is 10.2 Å². The summed E-state index contributed by atoms with van der Waals surface area (Å²) >= 11 is 0. The maximum Gasteiger partial charge on any atom is 0.0968 e. The Kier molecular flexibility index (Phi) is 14.3. The SMILES string of the molecule is C=C(C)/C=C\CC(C)C(CC)NCOC[C@@H](CC)N(CC)CCC. The van der Waals surface area contributed by atoms with Crippen molar-refractivity contribution in [3.05, 3.63) is 24.3 Å². The molecule has 0 aliphatic heterocycles. The molecule has 1 N–H and O–H groups in total. The van der Waals surface area contributed by atoms with Gasteiger partial charge in [0.1, 0.15) is 0 Å². The number of ether oxygens (including phenoxy) is 1. The molecular formula is C21H42N2O. The van der Waals surface area contributed by atoms with Crippen molar-refractivity contribution in [1.82, 2.24) is 10.2 Å². The lowest BCUT2D eigenvalue weighted by Gasteiger charge is -2.30. The van der Waals surface area contributed by atoms with Gasteiger partial charge >= 0.3 is 0 Å². The second-order valence-electron chi connectivity index (χ2n) is 6.89.